The molecule has 2 unspecified atom stereocenters. The second kappa shape index (κ2) is 8.71. The molecule has 152 valence electrons. The summed E-state index contributed by atoms with van der Waals surface area (Å²) in [6.07, 6.45) is 2.20. The molecule has 3 aromatic rings. The van der Waals surface area contributed by atoms with Gasteiger partial charge in [0.2, 0.25) is 0 Å². The van der Waals surface area contributed by atoms with E-state index in [1.54, 1.807) is 0 Å². The summed E-state index contributed by atoms with van der Waals surface area (Å²) in [6, 6.07) is 26.7. The van der Waals surface area contributed by atoms with Gasteiger partial charge in [0, 0.05) is 13.2 Å². The van der Waals surface area contributed by atoms with Crippen molar-refractivity contribution in [3.05, 3.63) is 83.9 Å². The van der Waals surface area contributed by atoms with Crippen LogP contribution in [0.5, 0.6) is 0 Å². The van der Waals surface area contributed by atoms with Gasteiger partial charge in [-0.25, -0.2) is 0 Å². The molecule has 4 rings (SSSR count). The highest BCUT2D eigenvalue weighted by Crippen LogP contribution is 2.41. The minimum atomic E-state index is -0.276. The van der Waals surface area contributed by atoms with Gasteiger partial charge in [-0.2, -0.15) is 0 Å². The van der Waals surface area contributed by atoms with Gasteiger partial charge in [0.15, 0.2) is 0 Å². The molecule has 0 fully saturated rings. The average Bonchev–Trinajstić information content (AvgIpc) is 2.74. The second-order valence-electron chi connectivity index (χ2n) is 8.15. The monoisotopic (exact) mass is 407 g/mol. The van der Waals surface area contributed by atoms with Crippen LogP contribution in [-0.2, 0) is 16.8 Å². The van der Waals surface area contributed by atoms with Crippen molar-refractivity contribution < 1.29 is 4.74 Å². The first-order valence-electron chi connectivity index (χ1n) is 10.0. The number of hydrogen-bond acceptors (Lipinski definition) is 2. The lowest BCUT2D eigenvalue weighted by Gasteiger charge is -2.45. The largest absolute Gasteiger partial charge is 0.372 e. The molecule has 2 atom stereocenters. The fourth-order valence-electron chi connectivity index (χ4n) is 4.72. The first-order valence-corrected chi connectivity index (χ1v) is 10.0. The summed E-state index contributed by atoms with van der Waals surface area (Å²) in [7, 11) is 6.13. The third-order valence-corrected chi connectivity index (χ3v) is 6.31. The van der Waals surface area contributed by atoms with E-state index in [0.717, 1.165) is 12.8 Å². The van der Waals surface area contributed by atoms with Crippen molar-refractivity contribution >= 4 is 12.4 Å². The first-order chi connectivity index (χ1) is 13.5. The van der Waals surface area contributed by atoms with Gasteiger partial charge in [-0.05, 0) is 73.3 Å². The van der Waals surface area contributed by atoms with E-state index in [2.05, 4.69) is 98.7 Å². The Balaban J connectivity index is 0.00000240. The molecule has 0 bridgehead atoms. The topological polar surface area (TPSA) is 12.5 Å². The lowest BCUT2D eigenvalue weighted by molar-refractivity contribution is -0.0686. The van der Waals surface area contributed by atoms with Crippen LogP contribution >= 0.6 is 12.4 Å². The van der Waals surface area contributed by atoms with Gasteiger partial charge in [-0.15, -0.1) is 12.4 Å². The van der Waals surface area contributed by atoms with Crippen LogP contribution in [0.25, 0.3) is 22.3 Å². The van der Waals surface area contributed by atoms with Crippen molar-refractivity contribution in [3.8, 4) is 22.3 Å². The molecule has 0 heterocycles. The van der Waals surface area contributed by atoms with Gasteiger partial charge in [-0.3, -0.25) is 0 Å². The van der Waals surface area contributed by atoms with Gasteiger partial charge < -0.3 is 9.64 Å². The fraction of sp³-hybridized carbons (Fsp3) is 0.308. The number of hydrogen-bond donors (Lipinski definition) is 0. The smallest absolute Gasteiger partial charge is 0.106 e. The lowest BCUT2D eigenvalue weighted by atomic mass is 9.75. The molecule has 0 aliphatic heterocycles. The molecule has 3 aromatic carbocycles. The Morgan fingerprint density at radius 3 is 2.10 bits per heavy atom. The summed E-state index contributed by atoms with van der Waals surface area (Å²) < 4.78 is 6.06. The Labute approximate surface area is 180 Å². The van der Waals surface area contributed by atoms with Crippen LogP contribution in [0.2, 0.25) is 0 Å². The molecule has 0 amide bonds. The maximum absolute atomic E-state index is 6.06. The Kier molecular flexibility index (Phi) is 6.48. The van der Waals surface area contributed by atoms with Crippen LogP contribution in [0.1, 0.15) is 24.5 Å². The Bertz CT molecular complexity index is 969. The third-order valence-electron chi connectivity index (χ3n) is 6.31. The average molecular weight is 408 g/mol. The number of fused-ring (bicyclic) bond motifs is 1. The van der Waals surface area contributed by atoms with E-state index in [1.807, 2.05) is 7.11 Å². The fourth-order valence-corrected chi connectivity index (χ4v) is 4.72. The van der Waals surface area contributed by atoms with E-state index < -0.39 is 0 Å². The summed E-state index contributed by atoms with van der Waals surface area (Å²) >= 11 is 0. The molecule has 0 saturated heterocycles. The number of methoxy groups -OCH3 is 1. The molecule has 1 aliphatic rings. The molecule has 0 aromatic heterocycles. The zero-order valence-electron chi connectivity index (χ0n) is 17.7. The molecule has 1 aliphatic carbocycles. The summed E-state index contributed by atoms with van der Waals surface area (Å²) in [4.78, 5) is 2.30. The Morgan fingerprint density at radius 1 is 0.828 bits per heavy atom. The van der Waals surface area contributed by atoms with Crippen LogP contribution in [0, 0.1) is 0 Å². The van der Waals surface area contributed by atoms with Crippen molar-refractivity contribution in [2.75, 3.05) is 21.2 Å². The number of benzene rings is 3. The minimum absolute atomic E-state index is 0. The van der Waals surface area contributed by atoms with Crippen molar-refractivity contribution in [1.29, 1.82) is 0 Å². The summed E-state index contributed by atoms with van der Waals surface area (Å²) in [5, 5.41) is 0. The summed E-state index contributed by atoms with van der Waals surface area (Å²) in [5.41, 5.74) is 7.50. The Morgan fingerprint density at radius 2 is 1.45 bits per heavy atom. The van der Waals surface area contributed by atoms with Crippen LogP contribution in [0.4, 0.5) is 0 Å². The zero-order chi connectivity index (χ0) is 19.7. The molecule has 0 radical (unpaired) electrons. The maximum Gasteiger partial charge on any atom is 0.106 e. The van der Waals surface area contributed by atoms with E-state index in [9.17, 15) is 0 Å². The highest BCUT2D eigenvalue weighted by Gasteiger charge is 2.41. The molecule has 0 spiro atoms. The van der Waals surface area contributed by atoms with E-state index in [-0.39, 0.29) is 18.0 Å². The van der Waals surface area contributed by atoms with Gasteiger partial charge in [0.25, 0.3) is 0 Å². The molecular formula is C26H30ClNO. The van der Waals surface area contributed by atoms with Crippen molar-refractivity contribution in [2.45, 2.75) is 31.4 Å². The SMILES string of the molecule is COC1(C)c2ccc(-c3cccc(-c4ccccc4)c3)cc2CCC1N(C)C.Cl. The molecule has 3 heteroatoms. The van der Waals surface area contributed by atoms with Crippen molar-refractivity contribution in [1.82, 2.24) is 4.90 Å². The number of rotatable bonds is 4. The van der Waals surface area contributed by atoms with Crippen molar-refractivity contribution in [2.24, 2.45) is 0 Å². The van der Waals surface area contributed by atoms with Crippen LogP contribution < -0.4 is 0 Å². The normalized spacial score (nSPS) is 20.8. The zero-order valence-corrected chi connectivity index (χ0v) is 18.5. The number of halogens is 1. The molecule has 0 N–H and O–H groups in total. The van der Waals surface area contributed by atoms with Crippen LogP contribution in [-0.4, -0.2) is 32.1 Å². The molecule has 0 saturated carbocycles. The summed E-state index contributed by atoms with van der Waals surface area (Å²) in [6.45, 7) is 2.23. The van der Waals surface area contributed by atoms with E-state index in [1.165, 1.54) is 33.4 Å². The minimum Gasteiger partial charge on any atom is -0.372 e. The van der Waals surface area contributed by atoms with E-state index >= 15 is 0 Å². The van der Waals surface area contributed by atoms with Crippen molar-refractivity contribution in [3.63, 3.8) is 0 Å². The third kappa shape index (κ3) is 3.98. The number of nitrogens with zero attached hydrogens (tertiary/aromatic N) is 1. The summed E-state index contributed by atoms with van der Waals surface area (Å²) in [5.74, 6) is 0. The number of aryl methyl sites for hydroxylation is 1. The quantitative estimate of drug-likeness (QED) is 0.512. The Hall–Kier alpha value is -2.13. The molecular weight excluding hydrogens is 378 g/mol. The van der Waals surface area contributed by atoms with Gasteiger partial charge in [0.05, 0.1) is 0 Å². The number of likely N-dealkylation sites (N-methyl/N-ethyl adjacent to an activating group) is 1. The standard InChI is InChI=1S/C26H29NO.ClH/c1-26(28-4)24-15-13-22(18-23(24)14-16-25(26)27(2)3)21-12-8-11-20(17-21)19-9-6-5-7-10-19;/h5-13,15,17-18,25H,14,16H2,1-4H3;1H. The van der Waals surface area contributed by atoms with E-state index in [0.29, 0.717) is 6.04 Å². The predicted octanol–water partition coefficient (Wildman–Crippen LogP) is 6.18. The van der Waals surface area contributed by atoms with Gasteiger partial charge in [-0.1, -0.05) is 66.7 Å². The predicted molar refractivity (Wildman–Crippen MR) is 125 cm³/mol. The maximum atomic E-state index is 6.06. The van der Waals surface area contributed by atoms with Crippen LogP contribution in [0.15, 0.2) is 72.8 Å². The first kappa shape index (κ1) is 21.6. The highest BCUT2D eigenvalue weighted by atomic mass is 35.5. The van der Waals surface area contributed by atoms with Crippen LogP contribution in [0.3, 0.4) is 0 Å². The van der Waals surface area contributed by atoms with Gasteiger partial charge in [0.1, 0.15) is 5.60 Å². The van der Waals surface area contributed by atoms with E-state index in [4.69, 9.17) is 4.74 Å². The second-order valence-corrected chi connectivity index (χ2v) is 8.15. The molecule has 2 nitrogen and oxygen atoms in total. The van der Waals surface area contributed by atoms with Gasteiger partial charge >= 0.3 is 0 Å². The lowest BCUT2D eigenvalue weighted by Crippen LogP contribution is -2.50. The highest BCUT2D eigenvalue weighted by molar-refractivity contribution is 5.85. The number of ether oxygens (including phenoxy) is 1. The molecule has 29 heavy (non-hydrogen) atoms.